The summed E-state index contributed by atoms with van der Waals surface area (Å²) in [5.74, 6) is 0.0322. The molecule has 0 aliphatic carbocycles. The van der Waals surface area contributed by atoms with Gasteiger partial charge in [0.05, 0.1) is 7.11 Å². The Kier molecular flexibility index (Phi) is 6.60. The van der Waals surface area contributed by atoms with Gasteiger partial charge in [-0.25, -0.2) is 0 Å². The Balaban J connectivity index is 2.19. The fraction of sp³-hybridized carbons (Fsp3) is 0.333. The first-order chi connectivity index (χ1) is 8.61. The van der Waals surface area contributed by atoms with E-state index in [-0.39, 0.29) is 12.5 Å². The summed E-state index contributed by atoms with van der Waals surface area (Å²) in [6.07, 6.45) is 0.351. The highest BCUT2D eigenvalue weighted by atomic mass is 35.5. The second-order valence-electron chi connectivity index (χ2n) is 3.41. The zero-order valence-electron chi connectivity index (χ0n) is 9.94. The predicted molar refractivity (Wildman–Crippen MR) is 71.8 cm³/mol. The molecule has 4 nitrogen and oxygen atoms in total. The molecule has 1 amide bonds. The summed E-state index contributed by atoms with van der Waals surface area (Å²) >= 11 is 7.33. The number of hydrogen-bond acceptors (Lipinski definition) is 4. The normalized spacial score (nSPS) is 9.89. The monoisotopic (exact) mass is 287 g/mol. The van der Waals surface area contributed by atoms with Gasteiger partial charge in [0, 0.05) is 22.1 Å². The number of hydrogen-bond donors (Lipinski definition) is 1. The lowest BCUT2D eigenvalue weighted by atomic mass is 10.4. The number of carbonyl (C=O) groups is 2. The van der Waals surface area contributed by atoms with Gasteiger partial charge in [0.15, 0.2) is 0 Å². The zero-order valence-corrected chi connectivity index (χ0v) is 11.5. The van der Waals surface area contributed by atoms with Gasteiger partial charge in [0.1, 0.15) is 6.54 Å². The Morgan fingerprint density at radius 3 is 2.61 bits per heavy atom. The van der Waals surface area contributed by atoms with E-state index in [0.29, 0.717) is 17.2 Å². The van der Waals surface area contributed by atoms with Gasteiger partial charge < -0.3 is 10.1 Å². The van der Waals surface area contributed by atoms with E-state index in [9.17, 15) is 9.59 Å². The van der Waals surface area contributed by atoms with Crippen molar-refractivity contribution in [1.29, 1.82) is 0 Å². The van der Waals surface area contributed by atoms with Crippen LogP contribution >= 0.6 is 23.4 Å². The van der Waals surface area contributed by atoms with E-state index >= 15 is 0 Å². The largest absolute Gasteiger partial charge is 0.468 e. The number of rotatable bonds is 6. The van der Waals surface area contributed by atoms with Crippen LogP contribution in [0.4, 0.5) is 0 Å². The first kappa shape index (κ1) is 14.9. The first-order valence-electron chi connectivity index (χ1n) is 5.33. The van der Waals surface area contributed by atoms with Crippen molar-refractivity contribution < 1.29 is 14.3 Å². The molecule has 1 aromatic rings. The molecule has 1 N–H and O–H groups in total. The molecule has 0 spiro atoms. The van der Waals surface area contributed by atoms with Crippen molar-refractivity contribution in [2.75, 3.05) is 19.4 Å². The molecule has 0 aliphatic rings. The predicted octanol–water partition coefficient (Wildman–Crippen LogP) is 2.11. The number of halogens is 1. The maximum absolute atomic E-state index is 11.4. The van der Waals surface area contributed by atoms with Gasteiger partial charge in [-0.3, -0.25) is 9.59 Å². The Bertz CT molecular complexity index is 408. The van der Waals surface area contributed by atoms with Crippen LogP contribution in [0.3, 0.4) is 0 Å². The molecule has 0 aliphatic heterocycles. The van der Waals surface area contributed by atoms with Gasteiger partial charge in [-0.15, -0.1) is 11.8 Å². The Hall–Kier alpha value is -1.20. The van der Waals surface area contributed by atoms with Crippen LogP contribution in [-0.2, 0) is 14.3 Å². The van der Waals surface area contributed by atoms with Crippen molar-refractivity contribution in [2.24, 2.45) is 0 Å². The number of ether oxygens (including phenoxy) is 1. The summed E-state index contributed by atoms with van der Waals surface area (Å²) in [5, 5.41) is 3.17. The number of nitrogens with one attached hydrogen (secondary N) is 1. The number of amides is 1. The Labute approximate surface area is 115 Å². The molecule has 0 heterocycles. The zero-order chi connectivity index (χ0) is 13.4. The fourth-order valence-electron chi connectivity index (χ4n) is 1.12. The van der Waals surface area contributed by atoms with Gasteiger partial charge in [0.25, 0.3) is 0 Å². The van der Waals surface area contributed by atoms with E-state index in [1.807, 2.05) is 12.1 Å². The van der Waals surface area contributed by atoms with Crippen molar-refractivity contribution in [3.05, 3.63) is 29.3 Å². The second kappa shape index (κ2) is 8.00. The van der Waals surface area contributed by atoms with Gasteiger partial charge in [0.2, 0.25) is 5.91 Å². The molecule has 0 unspecified atom stereocenters. The van der Waals surface area contributed by atoms with Crippen LogP contribution in [0, 0.1) is 0 Å². The molecule has 6 heteroatoms. The fourth-order valence-corrected chi connectivity index (χ4v) is 2.10. The van der Waals surface area contributed by atoms with Gasteiger partial charge in [-0.1, -0.05) is 11.6 Å². The van der Waals surface area contributed by atoms with Gasteiger partial charge in [-0.2, -0.15) is 0 Å². The lowest BCUT2D eigenvalue weighted by Gasteiger charge is -2.04. The third kappa shape index (κ3) is 5.93. The van der Waals surface area contributed by atoms with Crippen molar-refractivity contribution in [1.82, 2.24) is 5.32 Å². The van der Waals surface area contributed by atoms with Crippen molar-refractivity contribution >= 4 is 35.2 Å². The van der Waals surface area contributed by atoms with Crippen LogP contribution in [0.25, 0.3) is 0 Å². The van der Waals surface area contributed by atoms with E-state index in [2.05, 4.69) is 10.1 Å². The molecule has 0 saturated carbocycles. The molecule has 0 fully saturated rings. The molecule has 98 valence electrons. The number of esters is 1. The Morgan fingerprint density at radius 2 is 2.00 bits per heavy atom. The quantitative estimate of drug-likeness (QED) is 0.643. The summed E-state index contributed by atoms with van der Waals surface area (Å²) in [6, 6.07) is 7.42. The highest BCUT2D eigenvalue weighted by Gasteiger charge is 2.05. The van der Waals surface area contributed by atoms with E-state index in [1.165, 1.54) is 7.11 Å². The maximum atomic E-state index is 11.4. The van der Waals surface area contributed by atoms with Gasteiger partial charge >= 0.3 is 5.97 Å². The van der Waals surface area contributed by atoms with Crippen LogP contribution in [-0.4, -0.2) is 31.3 Å². The molecular weight excluding hydrogens is 274 g/mol. The van der Waals surface area contributed by atoms with E-state index in [4.69, 9.17) is 11.6 Å². The smallest absolute Gasteiger partial charge is 0.325 e. The highest BCUT2D eigenvalue weighted by Crippen LogP contribution is 2.20. The molecule has 0 bridgehead atoms. The van der Waals surface area contributed by atoms with Crippen LogP contribution in [0.15, 0.2) is 29.2 Å². The highest BCUT2D eigenvalue weighted by molar-refractivity contribution is 7.99. The van der Waals surface area contributed by atoms with Crippen LogP contribution in [0.1, 0.15) is 6.42 Å². The van der Waals surface area contributed by atoms with Crippen molar-refractivity contribution in [2.45, 2.75) is 11.3 Å². The SMILES string of the molecule is COC(=O)CNC(=O)CCSc1ccc(Cl)cc1. The summed E-state index contributed by atoms with van der Waals surface area (Å²) in [4.78, 5) is 23.2. The number of thioether (sulfide) groups is 1. The van der Waals surface area contributed by atoms with Crippen LogP contribution < -0.4 is 5.32 Å². The molecule has 0 saturated heterocycles. The lowest BCUT2D eigenvalue weighted by molar-refractivity contribution is -0.141. The average Bonchev–Trinajstić information content (AvgIpc) is 2.38. The maximum Gasteiger partial charge on any atom is 0.325 e. The molecule has 18 heavy (non-hydrogen) atoms. The Morgan fingerprint density at radius 1 is 1.33 bits per heavy atom. The van der Waals surface area contributed by atoms with E-state index < -0.39 is 5.97 Å². The van der Waals surface area contributed by atoms with Gasteiger partial charge in [-0.05, 0) is 24.3 Å². The van der Waals surface area contributed by atoms with Crippen molar-refractivity contribution in [3.63, 3.8) is 0 Å². The van der Waals surface area contributed by atoms with E-state index in [1.54, 1.807) is 23.9 Å². The molecular formula is C12H14ClNO3S. The summed E-state index contributed by atoms with van der Waals surface area (Å²) < 4.78 is 4.41. The number of methoxy groups -OCH3 is 1. The first-order valence-corrected chi connectivity index (χ1v) is 6.70. The van der Waals surface area contributed by atoms with Crippen LogP contribution in [0.2, 0.25) is 5.02 Å². The lowest BCUT2D eigenvalue weighted by Crippen LogP contribution is -2.30. The van der Waals surface area contributed by atoms with E-state index in [0.717, 1.165) is 4.90 Å². The standard InChI is InChI=1S/C12H14ClNO3S/c1-17-12(16)8-14-11(15)6-7-18-10-4-2-9(13)3-5-10/h2-5H,6-8H2,1H3,(H,14,15). The topological polar surface area (TPSA) is 55.4 Å². The minimum atomic E-state index is -0.450. The molecule has 1 aromatic carbocycles. The third-order valence-corrected chi connectivity index (χ3v) is 3.33. The number of carbonyl (C=O) groups excluding carboxylic acids is 2. The molecule has 0 radical (unpaired) electrons. The summed E-state index contributed by atoms with van der Waals surface area (Å²) in [7, 11) is 1.28. The molecule has 0 atom stereocenters. The molecule has 1 rings (SSSR count). The minimum Gasteiger partial charge on any atom is -0.468 e. The molecule has 0 aromatic heterocycles. The number of benzene rings is 1. The summed E-state index contributed by atoms with van der Waals surface area (Å²) in [5.41, 5.74) is 0. The minimum absolute atomic E-state index is 0.0824. The summed E-state index contributed by atoms with van der Waals surface area (Å²) in [6.45, 7) is -0.0824. The van der Waals surface area contributed by atoms with Crippen molar-refractivity contribution in [3.8, 4) is 0 Å². The third-order valence-electron chi connectivity index (χ3n) is 2.07. The average molecular weight is 288 g/mol. The van der Waals surface area contributed by atoms with Crippen LogP contribution in [0.5, 0.6) is 0 Å². The second-order valence-corrected chi connectivity index (χ2v) is 5.01.